The van der Waals surface area contributed by atoms with Crippen molar-refractivity contribution in [1.82, 2.24) is 10.3 Å². The first kappa shape index (κ1) is 13.9. The lowest BCUT2D eigenvalue weighted by Gasteiger charge is -2.41. The Hall–Kier alpha value is -1.09. The van der Waals surface area contributed by atoms with E-state index >= 15 is 0 Å². The van der Waals surface area contributed by atoms with Crippen molar-refractivity contribution in [2.75, 3.05) is 18.0 Å². The van der Waals surface area contributed by atoms with E-state index in [1.54, 1.807) is 0 Å². The molecule has 2 aliphatic rings. The number of anilines is 1. The van der Waals surface area contributed by atoms with Crippen LogP contribution in [0.15, 0.2) is 18.3 Å². The van der Waals surface area contributed by atoms with Gasteiger partial charge in [0.2, 0.25) is 0 Å². The number of hydrogen-bond donors (Lipinski definition) is 1. The van der Waals surface area contributed by atoms with Crippen LogP contribution in [0.2, 0.25) is 0 Å². The minimum Gasteiger partial charge on any atom is -0.355 e. The normalized spacial score (nSPS) is 25.0. The molecule has 0 radical (unpaired) electrons. The molecule has 1 aliphatic carbocycles. The molecule has 1 saturated heterocycles. The minimum absolute atomic E-state index is 0.412. The van der Waals surface area contributed by atoms with E-state index in [0.717, 1.165) is 18.9 Å². The predicted octanol–water partition coefficient (Wildman–Crippen LogP) is 3.32. The van der Waals surface area contributed by atoms with Gasteiger partial charge in [-0.25, -0.2) is 4.98 Å². The molecule has 1 unspecified atom stereocenters. The average Bonchev–Trinajstić information content (AvgIpc) is 2.85. The molecular formula is C17H27N3. The van der Waals surface area contributed by atoms with Crippen molar-refractivity contribution >= 4 is 5.82 Å². The topological polar surface area (TPSA) is 28.2 Å². The number of aromatic nitrogens is 1. The van der Waals surface area contributed by atoms with E-state index in [1.807, 2.05) is 6.20 Å². The molecule has 3 rings (SSSR count). The molecule has 1 saturated carbocycles. The van der Waals surface area contributed by atoms with Gasteiger partial charge in [-0.2, -0.15) is 0 Å². The highest BCUT2D eigenvalue weighted by Crippen LogP contribution is 2.32. The maximum Gasteiger partial charge on any atom is 0.128 e. The average molecular weight is 273 g/mol. The van der Waals surface area contributed by atoms with E-state index in [0.29, 0.717) is 17.5 Å². The summed E-state index contributed by atoms with van der Waals surface area (Å²) in [5.41, 5.74) is 1.74. The zero-order chi connectivity index (χ0) is 14.2. The fourth-order valence-corrected chi connectivity index (χ4v) is 3.36. The largest absolute Gasteiger partial charge is 0.355 e. The third-order valence-electron chi connectivity index (χ3n) is 4.96. The SMILES string of the molecule is CC(C)c1ccc(N2CCC(NC3(C)CCC3)C2)nc1. The van der Waals surface area contributed by atoms with E-state index in [2.05, 4.69) is 48.1 Å². The summed E-state index contributed by atoms with van der Waals surface area (Å²) in [6.07, 6.45) is 7.34. The molecule has 2 heterocycles. The number of nitrogens with zero attached hydrogens (tertiary/aromatic N) is 2. The number of pyridine rings is 1. The highest BCUT2D eigenvalue weighted by Gasteiger charge is 2.35. The molecule has 2 fully saturated rings. The second kappa shape index (κ2) is 5.36. The Morgan fingerprint density at radius 1 is 1.35 bits per heavy atom. The lowest BCUT2D eigenvalue weighted by atomic mass is 9.78. The second-order valence-electron chi connectivity index (χ2n) is 7.09. The summed E-state index contributed by atoms with van der Waals surface area (Å²) in [4.78, 5) is 7.07. The lowest BCUT2D eigenvalue weighted by Crippen LogP contribution is -2.53. The molecule has 0 bridgehead atoms. The van der Waals surface area contributed by atoms with Crippen LogP contribution >= 0.6 is 0 Å². The highest BCUT2D eigenvalue weighted by molar-refractivity contribution is 5.41. The molecule has 1 N–H and O–H groups in total. The van der Waals surface area contributed by atoms with Gasteiger partial charge < -0.3 is 10.2 Å². The third kappa shape index (κ3) is 2.83. The van der Waals surface area contributed by atoms with Crippen LogP contribution in [0.25, 0.3) is 0 Å². The Bertz CT molecular complexity index is 448. The molecule has 0 spiro atoms. The zero-order valence-corrected chi connectivity index (χ0v) is 13.0. The fourth-order valence-electron chi connectivity index (χ4n) is 3.36. The molecule has 20 heavy (non-hydrogen) atoms. The Labute approximate surface area is 122 Å². The van der Waals surface area contributed by atoms with E-state index in [9.17, 15) is 0 Å². The Kier molecular flexibility index (Phi) is 3.72. The van der Waals surface area contributed by atoms with Crippen LogP contribution in [-0.4, -0.2) is 29.7 Å². The van der Waals surface area contributed by atoms with Gasteiger partial charge in [0, 0.05) is 30.9 Å². The highest BCUT2D eigenvalue weighted by atomic mass is 15.2. The van der Waals surface area contributed by atoms with Gasteiger partial charge in [-0.05, 0) is 50.2 Å². The van der Waals surface area contributed by atoms with Crippen LogP contribution in [0.3, 0.4) is 0 Å². The summed E-state index contributed by atoms with van der Waals surface area (Å²) < 4.78 is 0. The summed E-state index contributed by atoms with van der Waals surface area (Å²) in [6, 6.07) is 5.04. The molecule has 3 nitrogen and oxygen atoms in total. The molecular weight excluding hydrogens is 246 g/mol. The van der Waals surface area contributed by atoms with E-state index in [-0.39, 0.29) is 0 Å². The number of nitrogens with one attached hydrogen (secondary N) is 1. The summed E-state index contributed by atoms with van der Waals surface area (Å²) in [5.74, 6) is 1.69. The van der Waals surface area contributed by atoms with Gasteiger partial charge >= 0.3 is 0 Å². The van der Waals surface area contributed by atoms with Crippen LogP contribution in [-0.2, 0) is 0 Å². The lowest BCUT2D eigenvalue weighted by molar-refractivity contribution is 0.189. The van der Waals surface area contributed by atoms with Crippen LogP contribution in [0, 0.1) is 0 Å². The monoisotopic (exact) mass is 273 g/mol. The van der Waals surface area contributed by atoms with Gasteiger partial charge in [0.1, 0.15) is 5.82 Å². The van der Waals surface area contributed by atoms with Crippen molar-refractivity contribution in [3.8, 4) is 0 Å². The molecule has 0 aromatic carbocycles. The van der Waals surface area contributed by atoms with Gasteiger partial charge in [0.05, 0.1) is 0 Å². The van der Waals surface area contributed by atoms with Crippen molar-refractivity contribution in [3.05, 3.63) is 23.9 Å². The molecule has 110 valence electrons. The van der Waals surface area contributed by atoms with E-state index in [1.165, 1.54) is 31.2 Å². The zero-order valence-electron chi connectivity index (χ0n) is 13.0. The van der Waals surface area contributed by atoms with Gasteiger partial charge in [-0.3, -0.25) is 0 Å². The van der Waals surface area contributed by atoms with Crippen molar-refractivity contribution in [2.45, 2.75) is 64.0 Å². The summed E-state index contributed by atoms with van der Waals surface area (Å²) >= 11 is 0. The first-order valence-corrected chi connectivity index (χ1v) is 8.04. The third-order valence-corrected chi connectivity index (χ3v) is 4.96. The number of rotatable bonds is 4. The van der Waals surface area contributed by atoms with Crippen LogP contribution in [0.1, 0.15) is 57.9 Å². The van der Waals surface area contributed by atoms with Crippen molar-refractivity contribution in [1.29, 1.82) is 0 Å². The quantitative estimate of drug-likeness (QED) is 0.912. The molecule has 1 aromatic heterocycles. The summed E-state index contributed by atoms with van der Waals surface area (Å²) in [7, 11) is 0. The van der Waals surface area contributed by atoms with Gasteiger partial charge in [-0.1, -0.05) is 19.9 Å². The molecule has 0 amide bonds. The van der Waals surface area contributed by atoms with E-state index in [4.69, 9.17) is 0 Å². The van der Waals surface area contributed by atoms with Crippen molar-refractivity contribution < 1.29 is 0 Å². The van der Waals surface area contributed by atoms with Crippen LogP contribution < -0.4 is 10.2 Å². The van der Waals surface area contributed by atoms with Crippen LogP contribution in [0.5, 0.6) is 0 Å². The standard InChI is InChI=1S/C17H27N3/c1-13(2)14-5-6-16(18-11-14)20-10-7-15(12-20)19-17(3)8-4-9-17/h5-6,11,13,15,19H,4,7-10,12H2,1-3H3. The maximum absolute atomic E-state index is 4.65. The Balaban J connectivity index is 1.59. The second-order valence-corrected chi connectivity index (χ2v) is 7.09. The molecule has 1 atom stereocenters. The first-order valence-electron chi connectivity index (χ1n) is 8.04. The molecule has 1 aromatic rings. The van der Waals surface area contributed by atoms with Gasteiger partial charge in [-0.15, -0.1) is 0 Å². The van der Waals surface area contributed by atoms with E-state index < -0.39 is 0 Å². The number of hydrogen-bond acceptors (Lipinski definition) is 3. The Morgan fingerprint density at radius 3 is 2.70 bits per heavy atom. The van der Waals surface area contributed by atoms with Gasteiger partial charge in [0.15, 0.2) is 0 Å². The van der Waals surface area contributed by atoms with Crippen LogP contribution in [0.4, 0.5) is 5.82 Å². The summed E-state index contributed by atoms with van der Waals surface area (Å²) in [6.45, 7) is 9.03. The minimum atomic E-state index is 0.412. The fraction of sp³-hybridized carbons (Fsp3) is 0.706. The van der Waals surface area contributed by atoms with Gasteiger partial charge in [0.25, 0.3) is 0 Å². The summed E-state index contributed by atoms with van der Waals surface area (Å²) in [5, 5.41) is 3.85. The van der Waals surface area contributed by atoms with Crippen molar-refractivity contribution in [2.24, 2.45) is 0 Å². The molecule has 3 heteroatoms. The smallest absolute Gasteiger partial charge is 0.128 e. The predicted molar refractivity (Wildman–Crippen MR) is 84.3 cm³/mol. The van der Waals surface area contributed by atoms with Crippen molar-refractivity contribution in [3.63, 3.8) is 0 Å². The first-order chi connectivity index (χ1) is 9.56. The molecule has 1 aliphatic heterocycles. The maximum atomic E-state index is 4.65. The Morgan fingerprint density at radius 2 is 2.15 bits per heavy atom.